The second kappa shape index (κ2) is 6.85. The molecule has 0 unspecified atom stereocenters. The fourth-order valence-corrected chi connectivity index (χ4v) is 1.57. The van der Waals surface area contributed by atoms with Crippen LogP contribution in [0, 0.1) is 10.1 Å². The molecule has 1 aromatic carbocycles. The summed E-state index contributed by atoms with van der Waals surface area (Å²) in [6.07, 6.45) is 2.35. The van der Waals surface area contributed by atoms with Gasteiger partial charge < -0.3 is 9.47 Å². The normalized spacial score (nSPS) is 9.89. The van der Waals surface area contributed by atoms with Crippen LogP contribution in [0.3, 0.4) is 0 Å². The second-order valence-corrected chi connectivity index (χ2v) is 4.26. The molecule has 0 aromatic heterocycles. The van der Waals surface area contributed by atoms with Crippen LogP contribution in [-0.2, 0) is 0 Å². The van der Waals surface area contributed by atoms with Gasteiger partial charge in [-0.05, 0) is 6.26 Å². The van der Waals surface area contributed by atoms with Crippen molar-refractivity contribution in [2.45, 2.75) is 0 Å². The van der Waals surface area contributed by atoms with Crippen LogP contribution >= 0.6 is 11.8 Å². The Labute approximate surface area is 108 Å². The highest BCUT2D eigenvalue weighted by molar-refractivity contribution is 7.98. The number of ether oxygens (including phenoxy) is 2. The Bertz CT molecular complexity index is 449. The summed E-state index contributed by atoms with van der Waals surface area (Å²) in [6.45, 7) is 0.412. The van der Waals surface area contributed by atoms with E-state index < -0.39 is 4.92 Å². The lowest BCUT2D eigenvalue weighted by Gasteiger charge is -2.10. The summed E-state index contributed by atoms with van der Waals surface area (Å²) in [5, 5.41) is 10.8. The van der Waals surface area contributed by atoms with Gasteiger partial charge in [0.1, 0.15) is 0 Å². The molecular formula is C11H13NO5S. The maximum Gasteiger partial charge on any atom is 0.283 e. The first-order valence-electron chi connectivity index (χ1n) is 5.07. The number of hydrogen-bond acceptors (Lipinski definition) is 6. The van der Waals surface area contributed by atoms with Crippen LogP contribution in [0.5, 0.6) is 11.5 Å². The molecule has 0 heterocycles. The maximum atomic E-state index is 10.8. The van der Waals surface area contributed by atoms with Crippen molar-refractivity contribution in [3.05, 3.63) is 27.8 Å². The van der Waals surface area contributed by atoms with Gasteiger partial charge in [-0.1, -0.05) is 0 Å². The molecule has 0 saturated heterocycles. The van der Waals surface area contributed by atoms with E-state index >= 15 is 0 Å². The van der Waals surface area contributed by atoms with Gasteiger partial charge >= 0.3 is 0 Å². The molecule has 0 aliphatic carbocycles. The molecule has 0 spiro atoms. The Balaban J connectivity index is 3.10. The highest BCUT2D eigenvalue weighted by Crippen LogP contribution is 2.33. The lowest BCUT2D eigenvalue weighted by atomic mass is 10.1. The minimum atomic E-state index is -0.620. The third-order valence-electron chi connectivity index (χ3n) is 2.18. The van der Waals surface area contributed by atoms with E-state index in [-0.39, 0.29) is 17.0 Å². The van der Waals surface area contributed by atoms with E-state index in [1.807, 2.05) is 6.26 Å². The second-order valence-electron chi connectivity index (χ2n) is 3.28. The van der Waals surface area contributed by atoms with Crippen LogP contribution in [0.2, 0.25) is 0 Å². The molecule has 0 radical (unpaired) electrons. The lowest BCUT2D eigenvalue weighted by Crippen LogP contribution is -2.03. The van der Waals surface area contributed by atoms with Gasteiger partial charge in [0.15, 0.2) is 17.8 Å². The van der Waals surface area contributed by atoms with Crippen molar-refractivity contribution < 1.29 is 19.2 Å². The number of aldehydes is 1. The summed E-state index contributed by atoms with van der Waals surface area (Å²) in [5.74, 6) is 1.33. The summed E-state index contributed by atoms with van der Waals surface area (Å²) in [6, 6.07) is 2.52. The van der Waals surface area contributed by atoms with Gasteiger partial charge in [0.25, 0.3) is 5.69 Å². The van der Waals surface area contributed by atoms with Crippen molar-refractivity contribution in [2.24, 2.45) is 0 Å². The smallest absolute Gasteiger partial charge is 0.283 e. The van der Waals surface area contributed by atoms with E-state index in [2.05, 4.69) is 0 Å². The molecule has 6 nitrogen and oxygen atoms in total. The number of benzene rings is 1. The number of nitro groups is 1. The number of rotatable bonds is 7. The highest BCUT2D eigenvalue weighted by Gasteiger charge is 2.19. The van der Waals surface area contributed by atoms with Crippen LogP contribution in [0.4, 0.5) is 5.69 Å². The molecule has 0 aliphatic rings. The fraction of sp³-hybridized carbons (Fsp3) is 0.364. The van der Waals surface area contributed by atoms with Gasteiger partial charge in [0.05, 0.1) is 30.3 Å². The molecule has 18 heavy (non-hydrogen) atoms. The third kappa shape index (κ3) is 3.36. The largest absolute Gasteiger partial charge is 0.493 e. The molecule has 0 fully saturated rings. The van der Waals surface area contributed by atoms with Crippen LogP contribution in [-0.4, -0.2) is 36.9 Å². The van der Waals surface area contributed by atoms with Crippen molar-refractivity contribution in [3.8, 4) is 11.5 Å². The Morgan fingerprint density at radius 2 is 2.17 bits per heavy atom. The number of thioether (sulfide) groups is 1. The third-order valence-corrected chi connectivity index (χ3v) is 2.76. The summed E-state index contributed by atoms with van der Waals surface area (Å²) < 4.78 is 10.4. The zero-order chi connectivity index (χ0) is 13.5. The van der Waals surface area contributed by atoms with E-state index in [0.29, 0.717) is 18.6 Å². The van der Waals surface area contributed by atoms with E-state index in [4.69, 9.17) is 9.47 Å². The molecule has 0 amide bonds. The van der Waals surface area contributed by atoms with Gasteiger partial charge in [-0.25, -0.2) is 0 Å². The highest BCUT2D eigenvalue weighted by atomic mass is 32.2. The monoisotopic (exact) mass is 271 g/mol. The van der Waals surface area contributed by atoms with Crippen molar-refractivity contribution in [2.75, 3.05) is 25.7 Å². The summed E-state index contributed by atoms with van der Waals surface area (Å²) in [7, 11) is 1.41. The van der Waals surface area contributed by atoms with Gasteiger partial charge in [-0.15, -0.1) is 0 Å². The Kier molecular flexibility index (Phi) is 5.44. The minimum Gasteiger partial charge on any atom is -0.493 e. The standard InChI is InChI=1S/C11H13NO5S/c1-16-10-5-8(7-13)9(12(14)15)6-11(10)17-3-4-18-2/h5-7H,3-4H2,1-2H3. The first-order chi connectivity index (χ1) is 8.63. The molecule has 0 saturated carbocycles. The van der Waals surface area contributed by atoms with Crippen LogP contribution in [0.15, 0.2) is 12.1 Å². The lowest BCUT2D eigenvalue weighted by molar-refractivity contribution is -0.385. The first kappa shape index (κ1) is 14.3. The number of nitro benzene ring substituents is 1. The Morgan fingerprint density at radius 3 is 2.67 bits per heavy atom. The van der Waals surface area contributed by atoms with Gasteiger partial charge in [0.2, 0.25) is 0 Å². The minimum absolute atomic E-state index is 0.0333. The Hall–Kier alpha value is -1.76. The quantitative estimate of drug-likeness (QED) is 0.327. The topological polar surface area (TPSA) is 78.7 Å². The molecule has 98 valence electrons. The molecule has 0 aliphatic heterocycles. The van der Waals surface area contributed by atoms with Crippen molar-refractivity contribution in [1.82, 2.24) is 0 Å². The average Bonchev–Trinajstić information content (AvgIpc) is 2.38. The summed E-state index contributed by atoms with van der Waals surface area (Å²) >= 11 is 1.60. The molecule has 1 rings (SSSR count). The fourth-order valence-electron chi connectivity index (χ4n) is 1.32. The predicted octanol–water partition coefficient (Wildman–Crippen LogP) is 2.16. The average molecular weight is 271 g/mol. The van der Waals surface area contributed by atoms with Crippen molar-refractivity contribution in [3.63, 3.8) is 0 Å². The van der Waals surface area contributed by atoms with E-state index in [1.54, 1.807) is 11.8 Å². The Morgan fingerprint density at radius 1 is 1.44 bits per heavy atom. The van der Waals surface area contributed by atoms with E-state index in [9.17, 15) is 14.9 Å². The number of hydrogen-bond donors (Lipinski definition) is 0. The van der Waals surface area contributed by atoms with E-state index in [0.717, 1.165) is 5.75 Å². The number of carbonyl (C=O) groups excluding carboxylic acids is 1. The molecule has 1 aromatic rings. The molecule has 0 N–H and O–H groups in total. The van der Waals surface area contributed by atoms with Crippen LogP contribution < -0.4 is 9.47 Å². The zero-order valence-electron chi connectivity index (χ0n) is 10.0. The molecule has 7 heteroatoms. The number of methoxy groups -OCH3 is 1. The SMILES string of the molecule is COc1cc(C=O)c([N+](=O)[O-])cc1OCCSC. The molecule has 0 atom stereocenters. The molecular weight excluding hydrogens is 258 g/mol. The van der Waals surface area contributed by atoms with Crippen LogP contribution in [0.25, 0.3) is 0 Å². The number of nitrogens with zero attached hydrogens (tertiary/aromatic N) is 1. The zero-order valence-corrected chi connectivity index (χ0v) is 10.9. The molecule has 0 bridgehead atoms. The summed E-state index contributed by atoms with van der Waals surface area (Å²) in [5.41, 5.74) is -0.320. The first-order valence-corrected chi connectivity index (χ1v) is 6.46. The summed E-state index contributed by atoms with van der Waals surface area (Å²) in [4.78, 5) is 21.0. The van der Waals surface area contributed by atoms with Crippen molar-refractivity contribution >= 4 is 23.7 Å². The van der Waals surface area contributed by atoms with E-state index in [1.165, 1.54) is 19.2 Å². The van der Waals surface area contributed by atoms with Gasteiger partial charge in [0, 0.05) is 11.8 Å². The maximum absolute atomic E-state index is 10.8. The predicted molar refractivity (Wildman–Crippen MR) is 68.9 cm³/mol. The van der Waals surface area contributed by atoms with Gasteiger partial charge in [-0.2, -0.15) is 11.8 Å². The van der Waals surface area contributed by atoms with Crippen molar-refractivity contribution in [1.29, 1.82) is 0 Å². The number of carbonyl (C=O) groups is 1. The van der Waals surface area contributed by atoms with Crippen LogP contribution in [0.1, 0.15) is 10.4 Å². The van der Waals surface area contributed by atoms with Gasteiger partial charge in [-0.3, -0.25) is 14.9 Å².